The van der Waals surface area contributed by atoms with Crippen molar-refractivity contribution in [3.8, 4) is 0 Å². The van der Waals surface area contributed by atoms with Gasteiger partial charge in [-0.05, 0) is 24.8 Å². The monoisotopic (exact) mass is 150 g/mol. The van der Waals surface area contributed by atoms with Crippen molar-refractivity contribution in [1.29, 1.82) is 0 Å². The lowest BCUT2D eigenvalue weighted by molar-refractivity contribution is 0.795. The summed E-state index contributed by atoms with van der Waals surface area (Å²) in [6, 6.07) is 0. The largest absolute Gasteiger partial charge is 0.402 e. The molecule has 11 heavy (non-hydrogen) atoms. The van der Waals surface area contributed by atoms with Gasteiger partial charge in [0.2, 0.25) is 0 Å². The fourth-order valence-corrected chi connectivity index (χ4v) is 1.72. The molecule has 2 bridgehead atoms. The van der Waals surface area contributed by atoms with E-state index >= 15 is 0 Å². The van der Waals surface area contributed by atoms with Gasteiger partial charge in [0.1, 0.15) is 0 Å². The number of nitrogens with one attached hydrogen (secondary N) is 1. The Hall–Kier alpha value is -0.920. The zero-order valence-corrected chi connectivity index (χ0v) is 6.69. The number of hydrogen-bond acceptors (Lipinski definition) is 2. The molecule has 2 heteroatoms. The summed E-state index contributed by atoms with van der Waals surface area (Å²) in [4.78, 5) is 0. The molecule has 0 radical (unpaired) electrons. The molecular formula is C9H14N2. The molecule has 60 valence electrons. The molecule has 2 heterocycles. The van der Waals surface area contributed by atoms with E-state index in [9.17, 15) is 0 Å². The molecule has 0 unspecified atom stereocenters. The SMILES string of the molecule is NC1=C2CCCC(=CC1)NC2. The molecule has 1 fully saturated rings. The second-order valence-corrected chi connectivity index (χ2v) is 3.27. The Morgan fingerprint density at radius 1 is 1.36 bits per heavy atom. The lowest BCUT2D eigenvalue weighted by atomic mass is 10.0. The summed E-state index contributed by atoms with van der Waals surface area (Å²) in [6.07, 6.45) is 6.83. The first kappa shape index (κ1) is 6.77. The van der Waals surface area contributed by atoms with E-state index in [0.717, 1.165) is 18.7 Å². The predicted octanol–water partition coefficient (Wildman–Crippen LogP) is 1.26. The zero-order chi connectivity index (χ0) is 7.68. The van der Waals surface area contributed by atoms with Crippen molar-refractivity contribution in [3.63, 3.8) is 0 Å². The highest BCUT2D eigenvalue weighted by molar-refractivity contribution is 5.24. The predicted molar refractivity (Wildman–Crippen MR) is 45.8 cm³/mol. The maximum Gasteiger partial charge on any atom is 0.0377 e. The molecule has 0 amide bonds. The molecule has 0 saturated carbocycles. The van der Waals surface area contributed by atoms with Gasteiger partial charge in [-0.15, -0.1) is 0 Å². The molecule has 0 aliphatic carbocycles. The van der Waals surface area contributed by atoms with Crippen molar-refractivity contribution in [1.82, 2.24) is 5.32 Å². The molecule has 2 nitrogen and oxygen atoms in total. The molecule has 2 rings (SSSR count). The smallest absolute Gasteiger partial charge is 0.0377 e. The summed E-state index contributed by atoms with van der Waals surface area (Å²) in [6.45, 7) is 0.984. The summed E-state index contributed by atoms with van der Waals surface area (Å²) >= 11 is 0. The first-order valence-corrected chi connectivity index (χ1v) is 4.25. The Morgan fingerprint density at radius 2 is 2.27 bits per heavy atom. The minimum Gasteiger partial charge on any atom is -0.402 e. The minimum atomic E-state index is 0.956. The van der Waals surface area contributed by atoms with Crippen LogP contribution in [0.3, 0.4) is 0 Å². The maximum absolute atomic E-state index is 5.88. The van der Waals surface area contributed by atoms with Crippen molar-refractivity contribution in [2.75, 3.05) is 6.54 Å². The summed E-state index contributed by atoms with van der Waals surface area (Å²) in [5.41, 5.74) is 9.78. The molecule has 0 aromatic heterocycles. The lowest BCUT2D eigenvalue weighted by Crippen LogP contribution is -2.13. The fraction of sp³-hybridized carbons (Fsp3) is 0.556. The van der Waals surface area contributed by atoms with Gasteiger partial charge in [0.15, 0.2) is 0 Å². The van der Waals surface area contributed by atoms with Crippen molar-refractivity contribution in [3.05, 3.63) is 23.0 Å². The average Bonchev–Trinajstić information content (AvgIpc) is 2.29. The second-order valence-electron chi connectivity index (χ2n) is 3.27. The molecular weight excluding hydrogens is 136 g/mol. The number of fused-ring (bicyclic) bond motifs is 3. The van der Waals surface area contributed by atoms with Crippen molar-refractivity contribution < 1.29 is 0 Å². The van der Waals surface area contributed by atoms with Crippen LogP contribution in [0.5, 0.6) is 0 Å². The van der Waals surface area contributed by atoms with E-state index in [-0.39, 0.29) is 0 Å². The second kappa shape index (κ2) is 2.61. The van der Waals surface area contributed by atoms with Gasteiger partial charge >= 0.3 is 0 Å². The Morgan fingerprint density at radius 3 is 3.18 bits per heavy atom. The maximum atomic E-state index is 5.88. The number of allylic oxidation sites excluding steroid dienone is 2. The lowest BCUT2D eigenvalue weighted by Gasteiger charge is -2.05. The summed E-state index contributed by atoms with van der Waals surface area (Å²) in [7, 11) is 0. The van der Waals surface area contributed by atoms with E-state index in [2.05, 4.69) is 11.4 Å². The Labute approximate surface area is 67.2 Å². The van der Waals surface area contributed by atoms with Gasteiger partial charge in [-0.25, -0.2) is 0 Å². The van der Waals surface area contributed by atoms with Gasteiger partial charge < -0.3 is 11.1 Å². The molecule has 2 aliphatic rings. The number of rotatable bonds is 0. The minimum absolute atomic E-state index is 0.956. The van der Waals surface area contributed by atoms with Gasteiger partial charge in [-0.1, -0.05) is 6.08 Å². The molecule has 0 atom stereocenters. The molecule has 0 spiro atoms. The molecule has 3 N–H and O–H groups in total. The van der Waals surface area contributed by atoms with Gasteiger partial charge in [-0.2, -0.15) is 0 Å². The van der Waals surface area contributed by atoms with Crippen LogP contribution in [0.2, 0.25) is 0 Å². The van der Waals surface area contributed by atoms with Crippen LogP contribution < -0.4 is 11.1 Å². The quantitative estimate of drug-likeness (QED) is 0.545. The zero-order valence-electron chi connectivity index (χ0n) is 6.69. The standard InChI is InChI=1S/C9H14N2/c10-9-5-4-8-3-1-2-7(9)6-11-8/h4,11H,1-3,5-6,10H2. The highest BCUT2D eigenvalue weighted by Crippen LogP contribution is 2.22. The topological polar surface area (TPSA) is 38.0 Å². The van der Waals surface area contributed by atoms with Crippen molar-refractivity contribution in [2.45, 2.75) is 25.7 Å². The molecule has 1 saturated heterocycles. The first-order chi connectivity index (χ1) is 5.36. The number of nitrogens with two attached hydrogens (primary N) is 1. The third-order valence-corrected chi connectivity index (χ3v) is 2.48. The fourth-order valence-electron chi connectivity index (χ4n) is 1.72. The van der Waals surface area contributed by atoms with Crippen LogP contribution in [0.4, 0.5) is 0 Å². The first-order valence-electron chi connectivity index (χ1n) is 4.25. The molecule has 0 aromatic rings. The van der Waals surface area contributed by atoms with Crippen LogP contribution in [0.25, 0.3) is 0 Å². The van der Waals surface area contributed by atoms with Gasteiger partial charge in [0.25, 0.3) is 0 Å². The number of hydrogen-bond donors (Lipinski definition) is 2. The molecule has 2 aliphatic heterocycles. The van der Waals surface area contributed by atoms with Crippen molar-refractivity contribution >= 4 is 0 Å². The van der Waals surface area contributed by atoms with Crippen LogP contribution in [0, 0.1) is 0 Å². The van der Waals surface area contributed by atoms with Crippen molar-refractivity contribution in [2.24, 2.45) is 5.73 Å². The Bertz CT molecular complexity index is 226. The molecule has 0 aromatic carbocycles. The van der Waals surface area contributed by atoms with E-state index in [4.69, 9.17) is 5.73 Å². The van der Waals surface area contributed by atoms with E-state index in [0.29, 0.717) is 0 Å². The van der Waals surface area contributed by atoms with E-state index < -0.39 is 0 Å². The van der Waals surface area contributed by atoms with Gasteiger partial charge in [-0.3, -0.25) is 0 Å². The van der Waals surface area contributed by atoms with Crippen LogP contribution in [-0.4, -0.2) is 6.54 Å². The van der Waals surface area contributed by atoms with Gasteiger partial charge in [0.05, 0.1) is 0 Å². The summed E-state index contributed by atoms with van der Waals surface area (Å²) in [5, 5.41) is 3.40. The van der Waals surface area contributed by atoms with Gasteiger partial charge in [0, 0.05) is 24.4 Å². The van der Waals surface area contributed by atoms with Crippen LogP contribution in [-0.2, 0) is 0 Å². The average molecular weight is 150 g/mol. The van der Waals surface area contributed by atoms with E-state index in [1.54, 1.807) is 0 Å². The van der Waals surface area contributed by atoms with E-state index in [1.807, 2.05) is 0 Å². The normalized spacial score (nSPS) is 23.8. The third kappa shape index (κ3) is 1.25. The third-order valence-electron chi connectivity index (χ3n) is 2.48. The highest BCUT2D eigenvalue weighted by atomic mass is 14.9. The summed E-state index contributed by atoms with van der Waals surface area (Å²) < 4.78 is 0. The van der Waals surface area contributed by atoms with E-state index in [1.165, 1.54) is 30.5 Å². The van der Waals surface area contributed by atoms with Crippen LogP contribution in [0.15, 0.2) is 23.0 Å². The van der Waals surface area contributed by atoms with Crippen LogP contribution in [0.1, 0.15) is 25.7 Å². The van der Waals surface area contributed by atoms with Crippen LogP contribution >= 0.6 is 0 Å². The Kier molecular flexibility index (Phi) is 1.60. The Balaban J connectivity index is 2.30. The summed E-state index contributed by atoms with van der Waals surface area (Å²) in [5.74, 6) is 0. The highest BCUT2D eigenvalue weighted by Gasteiger charge is 2.13.